The number of nitrogens with one attached hydrogen (secondary N) is 2. The molecule has 1 aromatic carbocycles. The Labute approximate surface area is 143 Å². The average molecular weight is 325 g/mol. The fourth-order valence-corrected chi connectivity index (χ4v) is 4.35. The van der Waals surface area contributed by atoms with Gasteiger partial charge in [0.1, 0.15) is 0 Å². The first kappa shape index (κ1) is 15.7. The maximum Gasteiger partial charge on any atom is 0.227 e. The van der Waals surface area contributed by atoms with Crippen molar-refractivity contribution in [1.29, 1.82) is 0 Å². The molecule has 4 rings (SSSR count). The van der Waals surface area contributed by atoms with Crippen LogP contribution in [0.1, 0.15) is 43.4 Å². The van der Waals surface area contributed by atoms with Crippen LogP contribution in [-0.4, -0.2) is 35.9 Å². The van der Waals surface area contributed by atoms with E-state index in [1.165, 1.54) is 41.4 Å². The second kappa shape index (κ2) is 6.25. The average Bonchev–Trinajstić information content (AvgIpc) is 3.21. The number of hydrogen-bond acceptors (Lipinski definition) is 2. The van der Waals surface area contributed by atoms with E-state index in [2.05, 4.69) is 41.4 Å². The number of nitrogens with zero attached hydrogens (tertiary/aromatic N) is 1. The predicted octanol–water partition coefficient (Wildman–Crippen LogP) is 3.72. The Morgan fingerprint density at radius 1 is 1.21 bits per heavy atom. The van der Waals surface area contributed by atoms with E-state index in [1.54, 1.807) is 0 Å². The van der Waals surface area contributed by atoms with Gasteiger partial charge in [-0.25, -0.2) is 0 Å². The number of aromatic amines is 1. The normalized spacial score (nSPS) is 21.4. The molecule has 0 radical (unpaired) electrons. The number of aromatic nitrogens is 1. The highest BCUT2D eigenvalue weighted by Gasteiger charge is 2.25. The lowest BCUT2D eigenvalue weighted by molar-refractivity contribution is -0.119. The van der Waals surface area contributed by atoms with E-state index < -0.39 is 0 Å². The van der Waals surface area contributed by atoms with Gasteiger partial charge in [-0.2, -0.15) is 0 Å². The van der Waals surface area contributed by atoms with Crippen LogP contribution in [0.4, 0.5) is 5.69 Å². The van der Waals surface area contributed by atoms with Crippen LogP contribution in [0.5, 0.6) is 0 Å². The molecule has 0 bridgehead atoms. The van der Waals surface area contributed by atoms with Crippen LogP contribution < -0.4 is 5.32 Å². The summed E-state index contributed by atoms with van der Waals surface area (Å²) in [6.45, 7) is 0. The molecule has 0 saturated heterocycles. The number of amides is 1. The minimum absolute atomic E-state index is 0.197. The number of hydrogen-bond donors (Lipinski definition) is 2. The highest BCUT2D eigenvalue weighted by atomic mass is 16.1. The maximum absolute atomic E-state index is 12.4. The summed E-state index contributed by atoms with van der Waals surface area (Å²) >= 11 is 0. The Balaban J connectivity index is 1.60. The number of likely N-dealkylation sites (N-methyl/N-ethyl adjacent to an activating group) is 1. The number of benzene rings is 1. The molecule has 128 valence electrons. The minimum atomic E-state index is 0.197. The number of rotatable bonds is 3. The molecule has 2 aromatic rings. The molecule has 1 heterocycles. The number of aryl methyl sites for hydroxylation is 1. The first-order valence-corrected chi connectivity index (χ1v) is 9.22. The van der Waals surface area contributed by atoms with Crippen molar-refractivity contribution in [2.45, 2.75) is 51.0 Å². The molecule has 0 spiro atoms. The van der Waals surface area contributed by atoms with Gasteiger partial charge in [-0.05, 0) is 70.0 Å². The lowest BCUT2D eigenvalue weighted by atomic mass is 9.91. The molecule has 1 fully saturated rings. The zero-order valence-electron chi connectivity index (χ0n) is 14.7. The summed E-state index contributed by atoms with van der Waals surface area (Å²) < 4.78 is 0. The van der Waals surface area contributed by atoms with Gasteiger partial charge in [0.2, 0.25) is 5.91 Å². The van der Waals surface area contributed by atoms with E-state index in [4.69, 9.17) is 0 Å². The van der Waals surface area contributed by atoms with E-state index in [0.717, 1.165) is 31.4 Å². The minimum Gasteiger partial charge on any atom is -0.358 e. The van der Waals surface area contributed by atoms with Crippen LogP contribution >= 0.6 is 0 Å². The molecule has 24 heavy (non-hydrogen) atoms. The predicted molar refractivity (Wildman–Crippen MR) is 98.4 cm³/mol. The second-order valence-electron chi connectivity index (χ2n) is 7.67. The van der Waals surface area contributed by atoms with Crippen LogP contribution in [-0.2, 0) is 17.6 Å². The number of carbonyl (C=O) groups excluding carboxylic acids is 1. The third-order valence-corrected chi connectivity index (χ3v) is 5.89. The first-order chi connectivity index (χ1) is 11.6. The maximum atomic E-state index is 12.4. The summed E-state index contributed by atoms with van der Waals surface area (Å²) in [5.74, 6) is 0.404. The van der Waals surface area contributed by atoms with Crippen LogP contribution in [0.3, 0.4) is 0 Å². The first-order valence-electron chi connectivity index (χ1n) is 9.22. The zero-order valence-corrected chi connectivity index (χ0v) is 14.7. The molecule has 1 aromatic heterocycles. The van der Waals surface area contributed by atoms with Crippen LogP contribution in [0.25, 0.3) is 10.9 Å². The SMILES string of the molecule is CN(C)C1CCc2[nH]c3ccc(NC(=O)C4CCCC4)cc3c2C1. The quantitative estimate of drug-likeness (QED) is 0.903. The van der Waals surface area contributed by atoms with Gasteiger partial charge in [-0.1, -0.05) is 12.8 Å². The van der Waals surface area contributed by atoms with Crippen LogP contribution in [0.15, 0.2) is 18.2 Å². The van der Waals surface area contributed by atoms with E-state index in [-0.39, 0.29) is 11.8 Å². The van der Waals surface area contributed by atoms with E-state index in [0.29, 0.717) is 6.04 Å². The summed E-state index contributed by atoms with van der Waals surface area (Å²) in [6.07, 6.45) is 7.86. The molecule has 2 aliphatic rings. The number of H-pyrrole nitrogens is 1. The lowest BCUT2D eigenvalue weighted by Crippen LogP contribution is -2.33. The Morgan fingerprint density at radius 2 is 2.00 bits per heavy atom. The van der Waals surface area contributed by atoms with Gasteiger partial charge in [-0.15, -0.1) is 0 Å². The molecule has 4 heteroatoms. The Kier molecular flexibility index (Phi) is 4.09. The molecule has 0 aliphatic heterocycles. The van der Waals surface area contributed by atoms with Gasteiger partial charge in [0.25, 0.3) is 0 Å². The number of carbonyl (C=O) groups is 1. The van der Waals surface area contributed by atoms with Crippen molar-refractivity contribution in [1.82, 2.24) is 9.88 Å². The molecule has 2 N–H and O–H groups in total. The fraction of sp³-hybridized carbons (Fsp3) is 0.550. The second-order valence-corrected chi connectivity index (χ2v) is 7.67. The van der Waals surface area contributed by atoms with Crippen molar-refractivity contribution in [2.75, 3.05) is 19.4 Å². The Hall–Kier alpha value is -1.81. The van der Waals surface area contributed by atoms with Crippen molar-refractivity contribution in [3.63, 3.8) is 0 Å². The fourth-order valence-electron chi connectivity index (χ4n) is 4.35. The number of fused-ring (bicyclic) bond motifs is 3. The Morgan fingerprint density at radius 3 is 2.75 bits per heavy atom. The van der Waals surface area contributed by atoms with Crippen molar-refractivity contribution in [3.8, 4) is 0 Å². The highest BCUT2D eigenvalue weighted by molar-refractivity contribution is 5.96. The zero-order chi connectivity index (χ0) is 16.7. The summed E-state index contributed by atoms with van der Waals surface area (Å²) in [4.78, 5) is 18.3. The van der Waals surface area contributed by atoms with Gasteiger partial charge in [0.05, 0.1) is 0 Å². The summed E-state index contributed by atoms with van der Waals surface area (Å²) in [7, 11) is 4.33. The summed E-state index contributed by atoms with van der Waals surface area (Å²) in [5.41, 5.74) is 4.95. The van der Waals surface area contributed by atoms with Gasteiger partial charge in [0, 0.05) is 34.2 Å². The van der Waals surface area contributed by atoms with E-state index in [1.807, 2.05) is 6.07 Å². The van der Waals surface area contributed by atoms with Gasteiger partial charge >= 0.3 is 0 Å². The lowest BCUT2D eigenvalue weighted by Gasteiger charge is -2.28. The Bertz CT molecular complexity index is 756. The number of anilines is 1. The van der Waals surface area contributed by atoms with Gasteiger partial charge < -0.3 is 15.2 Å². The van der Waals surface area contributed by atoms with E-state index in [9.17, 15) is 4.79 Å². The van der Waals surface area contributed by atoms with Crippen LogP contribution in [0.2, 0.25) is 0 Å². The monoisotopic (exact) mass is 325 g/mol. The highest BCUT2D eigenvalue weighted by Crippen LogP contribution is 2.32. The molecule has 1 saturated carbocycles. The van der Waals surface area contributed by atoms with Crippen molar-refractivity contribution in [2.24, 2.45) is 5.92 Å². The largest absolute Gasteiger partial charge is 0.358 e. The summed E-state index contributed by atoms with van der Waals surface area (Å²) in [5, 5.41) is 4.42. The van der Waals surface area contributed by atoms with Crippen molar-refractivity contribution >= 4 is 22.5 Å². The molecular weight excluding hydrogens is 298 g/mol. The van der Waals surface area contributed by atoms with Crippen molar-refractivity contribution in [3.05, 3.63) is 29.5 Å². The molecular formula is C20H27N3O. The smallest absolute Gasteiger partial charge is 0.227 e. The standard InChI is InChI=1S/C20H27N3O/c1-23(2)15-8-10-19-17(12-15)16-11-14(7-9-18(16)22-19)21-20(24)13-5-3-4-6-13/h7,9,11,13,15,22H,3-6,8,10,12H2,1-2H3,(H,21,24). The molecule has 4 nitrogen and oxygen atoms in total. The van der Waals surface area contributed by atoms with Crippen LogP contribution in [0, 0.1) is 5.92 Å². The molecule has 1 atom stereocenters. The third kappa shape index (κ3) is 2.84. The topological polar surface area (TPSA) is 48.1 Å². The van der Waals surface area contributed by atoms with E-state index >= 15 is 0 Å². The molecule has 2 aliphatic carbocycles. The molecule has 1 amide bonds. The molecule has 1 unspecified atom stereocenters. The van der Waals surface area contributed by atoms with Gasteiger partial charge in [-0.3, -0.25) is 4.79 Å². The van der Waals surface area contributed by atoms with Gasteiger partial charge in [0.15, 0.2) is 0 Å². The van der Waals surface area contributed by atoms with Crippen molar-refractivity contribution < 1.29 is 4.79 Å². The third-order valence-electron chi connectivity index (χ3n) is 5.89. The summed E-state index contributed by atoms with van der Waals surface area (Å²) in [6, 6.07) is 6.91.